The second-order valence-electron chi connectivity index (χ2n) is 5.18. The summed E-state index contributed by atoms with van der Waals surface area (Å²) in [6, 6.07) is 14.3. The van der Waals surface area contributed by atoms with E-state index in [1.165, 1.54) is 5.56 Å². The second kappa shape index (κ2) is 5.51. The number of likely N-dealkylation sites (N-methyl/N-ethyl adjacent to an activating group) is 1. The second-order valence-corrected chi connectivity index (χ2v) is 5.18. The maximum atomic E-state index is 10.8. The van der Waals surface area contributed by atoms with Crippen LogP contribution in [-0.2, 0) is 0 Å². The van der Waals surface area contributed by atoms with Crippen molar-refractivity contribution in [3.63, 3.8) is 0 Å². The molecule has 4 nitrogen and oxygen atoms in total. The van der Waals surface area contributed by atoms with Crippen molar-refractivity contribution in [2.24, 2.45) is 0 Å². The Morgan fingerprint density at radius 2 is 1.95 bits per heavy atom. The van der Waals surface area contributed by atoms with Crippen LogP contribution in [0, 0.1) is 0 Å². The van der Waals surface area contributed by atoms with Gasteiger partial charge in [0.25, 0.3) is 0 Å². The van der Waals surface area contributed by atoms with E-state index in [0.29, 0.717) is 5.76 Å². The Kier molecular flexibility index (Phi) is 3.56. The van der Waals surface area contributed by atoms with E-state index in [1.54, 1.807) is 6.07 Å². The van der Waals surface area contributed by atoms with Gasteiger partial charge < -0.3 is 14.2 Å². The van der Waals surface area contributed by atoms with Crippen molar-refractivity contribution >= 4 is 12.2 Å². The highest BCUT2D eigenvalue weighted by Crippen LogP contribution is 2.31. The van der Waals surface area contributed by atoms with E-state index in [9.17, 15) is 4.79 Å². The number of benzene rings is 1. The third kappa shape index (κ3) is 2.47. The lowest BCUT2D eigenvalue weighted by molar-refractivity contribution is 0.110. The number of hydrogen-bond acceptors (Lipinski definition) is 4. The zero-order chi connectivity index (χ0) is 13.9. The molecule has 1 aliphatic heterocycles. The van der Waals surface area contributed by atoms with Crippen LogP contribution in [0.1, 0.15) is 22.2 Å². The van der Waals surface area contributed by atoms with Gasteiger partial charge in [-0.3, -0.25) is 4.79 Å². The summed E-state index contributed by atoms with van der Waals surface area (Å²) in [5.74, 6) is 1.15. The highest BCUT2D eigenvalue weighted by atomic mass is 16.4. The molecule has 1 aromatic heterocycles. The van der Waals surface area contributed by atoms with E-state index in [-0.39, 0.29) is 6.04 Å². The zero-order valence-electron chi connectivity index (χ0n) is 11.5. The van der Waals surface area contributed by atoms with Gasteiger partial charge in [0.15, 0.2) is 17.9 Å². The first-order valence-corrected chi connectivity index (χ1v) is 6.83. The summed E-state index contributed by atoms with van der Waals surface area (Å²) in [6.45, 7) is 2.82. The molecule has 1 aliphatic rings. The van der Waals surface area contributed by atoms with Crippen molar-refractivity contribution in [2.75, 3.05) is 31.6 Å². The number of piperazine rings is 1. The Balaban J connectivity index is 1.92. The van der Waals surface area contributed by atoms with Crippen LogP contribution in [0.3, 0.4) is 0 Å². The number of anilines is 1. The molecule has 2 aromatic rings. The Labute approximate surface area is 118 Å². The highest BCUT2D eigenvalue weighted by molar-refractivity contribution is 5.71. The fourth-order valence-electron chi connectivity index (χ4n) is 2.70. The number of hydrogen-bond donors (Lipinski definition) is 0. The molecule has 104 valence electrons. The number of aldehydes is 1. The van der Waals surface area contributed by atoms with Crippen LogP contribution in [0.2, 0.25) is 0 Å². The summed E-state index contributed by atoms with van der Waals surface area (Å²) in [7, 11) is 2.13. The smallest absolute Gasteiger partial charge is 0.196 e. The summed E-state index contributed by atoms with van der Waals surface area (Å²) < 4.78 is 5.60. The average molecular weight is 270 g/mol. The van der Waals surface area contributed by atoms with E-state index in [0.717, 1.165) is 31.8 Å². The van der Waals surface area contributed by atoms with Crippen LogP contribution < -0.4 is 4.90 Å². The molecule has 0 amide bonds. The van der Waals surface area contributed by atoms with Crippen molar-refractivity contribution in [3.05, 3.63) is 53.8 Å². The minimum atomic E-state index is 0.251. The molecule has 1 saturated heterocycles. The van der Waals surface area contributed by atoms with Crippen molar-refractivity contribution < 1.29 is 9.21 Å². The quantitative estimate of drug-likeness (QED) is 0.803. The van der Waals surface area contributed by atoms with Crippen LogP contribution in [0.5, 0.6) is 0 Å². The van der Waals surface area contributed by atoms with E-state index in [1.807, 2.05) is 12.1 Å². The summed E-state index contributed by atoms with van der Waals surface area (Å²) >= 11 is 0. The number of nitrogens with zero attached hydrogens (tertiary/aromatic N) is 2. The molecule has 4 heteroatoms. The van der Waals surface area contributed by atoms with Gasteiger partial charge in [-0.15, -0.1) is 0 Å². The van der Waals surface area contributed by atoms with Crippen LogP contribution in [0.15, 0.2) is 46.9 Å². The first-order chi connectivity index (χ1) is 9.78. The van der Waals surface area contributed by atoms with Crippen molar-refractivity contribution in [2.45, 2.75) is 6.04 Å². The van der Waals surface area contributed by atoms with Crippen LogP contribution in [-0.4, -0.2) is 37.9 Å². The van der Waals surface area contributed by atoms with Gasteiger partial charge in [-0.25, -0.2) is 0 Å². The van der Waals surface area contributed by atoms with E-state index in [4.69, 9.17) is 4.42 Å². The average Bonchev–Trinajstić information content (AvgIpc) is 2.97. The molecule has 2 heterocycles. The third-order valence-corrected chi connectivity index (χ3v) is 3.78. The van der Waals surface area contributed by atoms with Crippen molar-refractivity contribution in [1.82, 2.24) is 4.90 Å². The summed E-state index contributed by atoms with van der Waals surface area (Å²) in [6.07, 6.45) is 0.747. The Morgan fingerprint density at radius 3 is 2.65 bits per heavy atom. The first-order valence-electron chi connectivity index (χ1n) is 6.83. The van der Waals surface area contributed by atoms with Gasteiger partial charge in [-0.1, -0.05) is 30.3 Å². The molecule has 0 spiro atoms. The van der Waals surface area contributed by atoms with Gasteiger partial charge >= 0.3 is 0 Å². The molecule has 3 rings (SSSR count). The van der Waals surface area contributed by atoms with Crippen molar-refractivity contribution in [3.8, 4) is 0 Å². The molecule has 1 unspecified atom stereocenters. The normalized spacial score (nSPS) is 20.1. The maximum absolute atomic E-state index is 10.8. The number of furan rings is 1. The fourth-order valence-corrected chi connectivity index (χ4v) is 2.70. The molecule has 0 saturated carbocycles. The predicted octanol–water partition coefficient (Wildman–Crippen LogP) is 2.59. The summed E-state index contributed by atoms with van der Waals surface area (Å²) in [5.41, 5.74) is 1.27. The molecule has 20 heavy (non-hydrogen) atoms. The number of carbonyl (C=O) groups is 1. The van der Waals surface area contributed by atoms with E-state index >= 15 is 0 Å². The minimum Gasteiger partial charge on any atom is -0.438 e. The van der Waals surface area contributed by atoms with Gasteiger partial charge in [0.05, 0.1) is 6.04 Å². The summed E-state index contributed by atoms with van der Waals surface area (Å²) in [4.78, 5) is 15.3. The highest BCUT2D eigenvalue weighted by Gasteiger charge is 2.28. The monoisotopic (exact) mass is 270 g/mol. The molecular weight excluding hydrogens is 252 g/mol. The maximum Gasteiger partial charge on any atom is 0.196 e. The molecule has 1 fully saturated rings. The minimum absolute atomic E-state index is 0.251. The van der Waals surface area contributed by atoms with Gasteiger partial charge in [-0.05, 0) is 18.7 Å². The molecule has 1 atom stereocenters. The van der Waals surface area contributed by atoms with E-state index < -0.39 is 0 Å². The summed E-state index contributed by atoms with van der Waals surface area (Å²) in [5, 5.41) is 0. The van der Waals surface area contributed by atoms with Crippen LogP contribution in [0.4, 0.5) is 5.88 Å². The lowest BCUT2D eigenvalue weighted by Crippen LogP contribution is -2.46. The topological polar surface area (TPSA) is 36.7 Å². The fraction of sp³-hybridized carbons (Fsp3) is 0.312. The zero-order valence-corrected chi connectivity index (χ0v) is 11.5. The lowest BCUT2D eigenvalue weighted by atomic mass is 10.0. The lowest BCUT2D eigenvalue weighted by Gasteiger charge is -2.40. The molecule has 1 aromatic carbocycles. The molecule has 0 radical (unpaired) electrons. The Hall–Kier alpha value is -2.07. The van der Waals surface area contributed by atoms with E-state index in [2.05, 4.69) is 41.1 Å². The Bertz CT molecular complexity index is 579. The molecule has 0 aliphatic carbocycles. The first kappa shape index (κ1) is 12.9. The van der Waals surface area contributed by atoms with Gasteiger partial charge in [0, 0.05) is 25.7 Å². The number of carbonyl (C=O) groups excluding carboxylic acids is 1. The van der Waals surface area contributed by atoms with Crippen molar-refractivity contribution in [1.29, 1.82) is 0 Å². The van der Waals surface area contributed by atoms with Crippen LogP contribution in [0.25, 0.3) is 0 Å². The van der Waals surface area contributed by atoms with Gasteiger partial charge in [0.1, 0.15) is 0 Å². The Morgan fingerprint density at radius 1 is 1.15 bits per heavy atom. The van der Waals surface area contributed by atoms with Gasteiger partial charge in [-0.2, -0.15) is 0 Å². The SMILES string of the molecule is CN1CCN(c2ccc(C=O)o2)C(c2ccccc2)C1. The molecule has 0 bridgehead atoms. The molecule has 0 N–H and O–H groups in total. The number of rotatable bonds is 3. The van der Waals surface area contributed by atoms with Crippen LogP contribution >= 0.6 is 0 Å². The largest absolute Gasteiger partial charge is 0.438 e. The van der Waals surface area contributed by atoms with Gasteiger partial charge in [0.2, 0.25) is 0 Å². The molecular formula is C16H18N2O2. The predicted molar refractivity (Wildman–Crippen MR) is 78.1 cm³/mol. The third-order valence-electron chi connectivity index (χ3n) is 3.78. The standard InChI is InChI=1S/C16H18N2O2/c1-17-9-10-18(16-8-7-14(12-19)20-16)15(11-17)13-5-3-2-4-6-13/h2-8,12,15H,9-11H2,1H3.